The van der Waals surface area contributed by atoms with Crippen molar-refractivity contribution in [1.82, 2.24) is 14.7 Å². The molecule has 27 heavy (non-hydrogen) atoms. The van der Waals surface area contributed by atoms with E-state index in [1.54, 1.807) is 30.0 Å². The molecule has 3 rings (SSSR count). The molecule has 8 heteroatoms. The van der Waals surface area contributed by atoms with Crippen molar-refractivity contribution in [2.24, 2.45) is 0 Å². The number of hydrogen-bond donors (Lipinski definition) is 2. The van der Waals surface area contributed by atoms with Gasteiger partial charge < -0.3 is 15.8 Å². The van der Waals surface area contributed by atoms with Crippen LogP contribution in [0.15, 0.2) is 41.8 Å². The fraction of sp³-hybridized carbons (Fsp3) is 0.263. The number of rotatable bonds is 6. The third-order valence-corrected chi connectivity index (χ3v) is 4.32. The first-order valence-corrected chi connectivity index (χ1v) is 8.51. The molecular weight excluding hydrogens is 346 g/mol. The van der Waals surface area contributed by atoms with Crippen LogP contribution in [0.1, 0.15) is 15.9 Å². The number of carbonyl (C=O) groups is 1. The summed E-state index contributed by atoms with van der Waals surface area (Å²) in [6, 6.07) is 5.16. The van der Waals surface area contributed by atoms with E-state index >= 15 is 0 Å². The normalized spacial score (nSPS) is 11.0. The number of aromatic nitrogens is 3. The minimum atomic E-state index is -0.377. The number of nitrogens with zero attached hydrogens (tertiary/aromatic N) is 3. The molecule has 3 heterocycles. The number of methoxy groups -OCH3 is 1. The van der Waals surface area contributed by atoms with Crippen LogP contribution in [0.3, 0.4) is 0 Å². The predicted octanol–water partition coefficient (Wildman–Crippen LogP) is 0.588. The second kappa shape index (κ2) is 7.55. The number of nitrogen functional groups attached to an aromatic ring is 1. The molecule has 0 spiro atoms. The van der Waals surface area contributed by atoms with Gasteiger partial charge in [0.25, 0.3) is 17.1 Å². The minimum absolute atomic E-state index is 0.215. The smallest absolute Gasteiger partial charge is 0.278 e. The lowest BCUT2D eigenvalue weighted by atomic mass is 10.1. The first-order chi connectivity index (χ1) is 13.0. The summed E-state index contributed by atoms with van der Waals surface area (Å²) in [6.07, 6.45) is 3.30. The zero-order valence-corrected chi connectivity index (χ0v) is 15.4. The van der Waals surface area contributed by atoms with Crippen molar-refractivity contribution in [3.8, 4) is 0 Å². The number of nitrogens with one attached hydrogen (secondary N) is 1. The van der Waals surface area contributed by atoms with E-state index in [1.807, 2.05) is 13.0 Å². The van der Waals surface area contributed by atoms with Gasteiger partial charge in [0.2, 0.25) is 11.5 Å². The number of ether oxygens (including phenoxy) is 1. The Morgan fingerprint density at radius 3 is 3.00 bits per heavy atom. The van der Waals surface area contributed by atoms with Gasteiger partial charge in [-0.3, -0.25) is 14.0 Å². The number of amides is 1. The summed E-state index contributed by atoms with van der Waals surface area (Å²) in [5.74, 6) is -0.153. The van der Waals surface area contributed by atoms with Crippen LogP contribution >= 0.6 is 0 Å². The summed E-state index contributed by atoms with van der Waals surface area (Å²) in [5, 5.41) is 3.04. The van der Waals surface area contributed by atoms with E-state index in [4.69, 9.17) is 10.5 Å². The molecule has 0 atom stereocenters. The van der Waals surface area contributed by atoms with Crippen LogP contribution in [0.25, 0.3) is 16.7 Å². The Morgan fingerprint density at radius 2 is 2.30 bits per heavy atom. The third kappa shape index (κ3) is 3.26. The van der Waals surface area contributed by atoms with Gasteiger partial charge in [0.1, 0.15) is 10.9 Å². The Kier molecular flexibility index (Phi) is 5.18. The molecule has 0 unspecified atom stereocenters. The van der Waals surface area contributed by atoms with Gasteiger partial charge in [-0.2, -0.15) is 0 Å². The predicted molar refractivity (Wildman–Crippen MR) is 103 cm³/mol. The van der Waals surface area contributed by atoms with Crippen LogP contribution in [0.4, 0.5) is 5.82 Å². The zero-order valence-electron chi connectivity index (χ0n) is 15.4. The van der Waals surface area contributed by atoms with E-state index in [0.717, 1.165) is 5.56 Å². The standard InChI is InChI=1S/C19H21N5O3/c1-4-8-23-15(20)13(18(25)21-7-10-27-3)11-14-17(23)22-16-12(2)6-5-9-24(16)19(14)26/h4-6,9,11,20H,1,7-8,10H2,2-3H3,(H,21,25)/p+1. The average Bonchev–Trinajstić information content (AvgIpc) is 2.65. The number of aryl methyl sites for hydroxylation is 1. The van der Waals surface area contributed by atoms with E-state index in [-0.39, 0.29) is 22.8 Å². The maximum atomic E-state index is 13.0. The molecule has 8 nitrogen and oxygen atoms in total. The molecule has 0 fully saturated rings. The summed E-state index contributed by atoms with van der Waals surface area (Å²) in [6.45, 7) is 6.64. The lowest BCUT2D eigenvalue weighted by Gasteiger charge is -2.11. The van der Waals surface area contributed by atoms with E-state index < -0.39 is 0 Å². The maximum Gasteiger partial charge on any atom is 0.278 e. The molecule has 0 aliphatic rings. The monoisotopic (exact) mass is 368 g/mol. The van der Waals surface area contributed by atoms with Crippen LogP contribution in [-0.4, -0.2) is 35.6 Å². The molecule has 3 aromatic heterocycles. The maximum absolute atomic E-state index is 13.0. The summed E-state index contributed by atoms with van der Waals surface area (Å²) in [7, 11) is 1.55. The van der Waals surface area contributed by atoms with Crippen LogP contribution < -0.4 is 21.2 Å². The highest BCUT2D eigenvalue weighted by atomic mass is 16.5. The van der Waals surface area contributed by atoms with Gasteiger partial charge in [0.05, 0.1) is 13.2 Å². The molecule has 0 aromatic carbocycles. The van der Waals surface area contributed by atoms with Crippen molar-refractivity contribution in [2.75, 3.05) is 26.0 Å². The van der Waals surface area contributed by atoms with Crippen molar-refractivity contribution in [3.63, 3.8) is 0 Å². The van der Waals surface area contributed by atoms with Crippen molar-refractivity contribution in [1.29, 1.82) is 0 Å². The van der Waals surface area contributed by atoms with Gasteiger partial charge in [-0.25, -0.2) is 4.57 Å². The number of anilines is 1. The molecule has 0 saturated heterocycles. The summed E-state index contributed by atoms with van der Waals surface area (Å²) >= 11 is 0. The largest absolute Gasteiger partial charge is 0.383 e. The van der Waals surface area contributed by atoms with Gasteiger partial charge in [-0.05, 0) is 19.1 Å². The minimum Gasteiger partial charge on any atom is -0.383 e. The first-order valence-electron chi connectivity index (χ1n) is 8.51. The quantitative estimate of drug-likeness (QED) is 0.287. The van der Waals surface area contributed by atoms with E-state index in [1.165, 1.54) is 10.5 Å². The molecule has 0 aliphatic carbocycles. The molecular formula is C19H22N5O3+. The Morgan fingerprint density at radius 1 is 1.52 bits per heavy atom. The lowest BCUT2D eigenvalue weighted by molar-refractivity contribution is -0.648. The molecule has 1 amide bonds. The van der Waals surface area contributed by atoms with Crippen LogP contribution in [-0.2, 0) is 11.3 Å². The van der Waals surface area contributed by atoms with E-state index in [9.17, 15) is 9.59 Å². The van der Waals surface area contributed by atoms with Gasteiger partial charge in [-0.15, -0.1) is 0 Å². The topological polar surface area (TPSA) is 103 Å². The fourth-order valence-corrected chi connectivity index (χ4v) is 2.97. The summed E-state index contributed by atoms with van der Waals surface area (Å²) in [4.78, 5) is 30.2. The zero-order chi connectivity index (χ0) is 19.6. The Hall–Kier alpha value is -3.26. The summed E-state index contributed by atoms with van der Waals surface area (Å²) < 4.78 is 8.04. The van der Waals surface area contributed by atoms with Crippen molar-refractivity contribution >= 4 is 28.4 Å². The average molecular weight is 368 g/mol. The fourth-order valence-electron chi connectivity index (χ4n) is 2.97. The number of hydrogen-bond acceptors (Lipinski definition) is 5. The van der Waals surface area contributed by atoms with Gasteiger partial charge >= 0.3 is 0 Å². The molecule has 140 valence electrons. The Balaban J connectivity index is 2.31. The lowest BCUT2D eigenvalue weighted by Crippen LogP contribution is -2.42. The van der Waals surface area contributed by atoms with Gasteiger partial charge in [0.15, 0.2) is 0 Å². The van der Waals surface area contributed by atoms with Gasteiger partial charge in [0, 0.05) is 25.4 Å². The molecule has 0 aliphatic heterocycles. The highest BCUT2D eigenvalue weighted by molar-refractivity contribution is 6.00. The SMILES string of the molecule is C=CC[n+]1c(N)c(C(=O)NCCOC)cc2c(=O)n3cccc(C)c3nc21. The van der Waals surface area contributed by atoms with Crippen molar-refractivity contribution < 1.29 is 14.1 Å². The van der Waals surface area contributed by atoms with Crippen molar-refractivity contribution in [3.05, 3.63) is 58.5 Å². The van der Waals surface area contributed by atoms with E-state index in [2.05, 4.69) is 16.9 Å². The molecule has 0 saturated carbocycles. The van der Waals surface area contributed by atoms with Crippen molar-refractivity contribution in [2.45, 2.75) is 13.5 Å². The number of nitrogens with two attached hydrogens (primary N) is 1. The number of pyridine rings is 2. The van der Waals surface area contributed by atoms with Crippen LogP contribution in [0.2, 0.25) is 0 Å². The van der Waals surface area contributed by atoms with Crippen LogP contribution in [0, 0.1) is 6.92 Å². The highest BCUT2D eigenvalue weighted by Gasteiger charge is 2.24. The van der Waals surface area contributed by atoms with E-state index in [0.29, 0.717) is 36.4 Å². The number of carbonyl (C=O) groups excluding carboxylic acids is 1. The summed E-state index contributed by atoms with van der Waals surface area (Å²) in [5.41, 5.74) is 8.03. The number of fused-ring (bicyclic) bond motifs is 2. The third-order valence-electron chi connectivity index (χ3n) is 4.32. The molecule has 0 radical (unpaired) electrons. The highest BCUT2D eigenvalue weighted by Crippen LogP contribution is 2.15. The molecule has 3 N–H and O–H groups in total. The Labute approximate surface area is 155 Å². The second-order valence-electron chi connectivity index (χ2n) is 6.13. The first kappa shape index (κ1) is 18.5. The van der Waals surface area contributed by atoms with Gasteiger partial charge in [-0.1, -0.05) is 23.7 Å². The van der Waals surface area contributed by atoms with Crippen LogP contribution in [0.5, 0.6) is 0 Å². The Bertz CT molecular complexity index is 1100. The second-order valence-corrected chi connectivity index (χ2v) is 6.13. The molecule has 3 aromatic rings. The number of allylic oxidation sites excluding steroid dienone is 1. The molecule has 0 bridgehead atoms.